The van der Waals surface area contributed by atoms with Crippen LogP contribution in [0.25, 0.3) is 22.1 Å². The third kappa shape index (κ3) is 2.64. The molecule has 1 aliphatic rings. The number of para-hydroxylation sites is 1. The highest BCUT2D eigenvalue weighted by molar-refractivity contribution is 6.01. The van der Waals surface area contributed by atoms with E-state index in [-0.39, 0.29) is 17.8 Å². The third-order valence-electron chi connectivity index (χ3n) is 4.31. The van der Waals surface area contributed by atoms with E-state index in [1.165, 1.54) is 4.90 Å². The van der Waals surface area contributed by atoms with Gasteiger partial charge >= 0.3 is 0 Å². The van der Waals surface area contributed by atoms with Gasteiger partial charge in [-0.15, -0.1) is 0 Å². The second-order valence-electron chi connectivity index (χ2n) is 6.38. The summed E-state index contributed by atoms with van der Waals surface area (Å²) in [5.41, 5.74) is 1.43. The van der Waals surface area contributed by atoms with Crippen LogP contribution in [0.2, 0.25) is 0 Å². The van der Waals surface area contributed by atoms with Crippen molar-refractivity contribution in [3.8, 4) is 0 Å². The molecule has 1 aliphatic heterocycles. The van der Waals surface area contributed by atoms with Gasteiger partial charge in [0.1, 0.15) is 42.9 Å². The number of rotatable bonds is 2. The minimum Gasteiger partial charge on any atom is -0.449 e. The Kier molecular flexibility index (Phi) is 3.43. The predicted molar refractivity (Wildman–Crippen MR) is 86.5 cm³/mol. The monoisotopic (exact) mass is 314 g/mol. The van der Waals surface area contributed by atoms with Crippen molar-refractivity contribution in [1.29, 1.82) is 0 Å². The number of H-pyrrole nitrogens is 1. The quantitative estimate of drug-likeness (QED) is 0.736. The fourth-order valence-corrected chi connectivity index (χ4v) is 3.50. The second-order valence-corrected chi connectivity index (χ2v) is 6.38. The van der Waals surface area contributed by atoms with Crippen LogP contribution in [0.3, 0.4) is 0 Å². The lowest BCUT2D eigenvalue weighted by Gasteiger charge is -2.32. The summed E-state index contributed by atoms with van der Waals surface area (Å²) in [6.45, 7) is 6.68. The van der Waals surface area contributed by atoms with Gasteiger partial charge in [0.05, 0.1) is 0 Å². The normalized spacial score (nSPS) is 25.2. The van der Waals surface area contributed by atoms with Gasteiger partial charge in [-0.3, -0.25) is 4.79 Å². The molecule has 6 nitrogen and oxygen atoms in total. The van der Waals surface area contributed by atoms with E-state index in [1.807, 2.05) is 24.3 Å². The van der Waals surface area contributed by atoms with Gasteiger partial charge in [-0.2, -0.15) is 0 Å². The number of aromatic nitrogens is 2. The van der Waals surface area contributed by atoms with Gasteiger partial charge in [0.15, 0.2) is 5.82 Å². The first kappa shape index (κ1) is 14.4. The standard InChI is InChI=1S/C17H19N3O3/c1-10-7-20(8-11(2)22-10)9-14-18-15-12-5-3-4-6-13(12)23-16(15)17(21)19-14/h3-6,10-11H,7-9H2,1-2H3,(H,18,19,21)/p+1/t10-,11+. The summed E-state index contributed by atoms with van der Waals surface area (Å²) in [6.07, 6.45) is 0.443. The number of furan rings is 1. The van der Waals surface area contributed by atoms with Gasteiger partial charge in [-0.25, -0.2) is 4.98 Å². The SMILES string of the molecule is C[C@@H]1C[NH+](Cc2nc3c(oc4ccccc43)c(=O)[nH]2)C[C@H](C)O1. The molecule has 6 heteroatoms. The van der Waals surface area contributed by atoms with Crippen molar-refractivity contribution in [3.05, 3.63) is 40.4 Å². The Hall–Kier alpha value is -2.18. The number of quaternary nitrogens is 1. The van der Waals surface area contributed by atoms with Crippen LogP contribution >= 0.6 is 0 Å². The number of hydrogen-bond acceptors (Lipinski definition) is 4. The van der Waals surface area contributed by atoms with Crippen molar-refractivity contribution < 1.29 is 14.1 Å². The van der Waals surface area contributed by atoms with Gasteiger partial charge in [0.2, 0.25) is 5.58 Å². The topological polar surface area (TPSA) is 72.6 Å². The molecule has 1 fully saturated rings. The summed E-state index contributed by atoms with van der Waals surface area (Å²) in [4.78, 5) is 21.2. The maximum absolute atomic E-state index is 12.3. The zero-order valence-corrected chi connectivity index (χ0v) is 13.3. The first-order valence-electron chi connectivity index (χ1n) is 7.99. The van der Waals surface area contributed by atoms with Crippen LogP contribution in [0.4, 0.5) is 0 Å². The van der Waals surface area contributed by atoms with E-state index >= 15 is 0 Å². The molecule has 0 radical (unpaired) electrons. The molecule has 0 amide bonds. The maximum atomic E-state index is 12.3. The van der Waals surface area contributed by atoms with Gasteiger partial charge in [-0.05, 0) is 26.0 Å². The lowest BCUT2D eigenvalue weighted by atomic mass is 10.2. The van der Waals surface area contributed by atoms with E-state index in [2.05, 4.69) is 23.8 Å². The van der Waals surface area contributed by atoms with Crippen LogP contribution in [0.1, 0.15) is 19.7 Å². The molecule has 23 heavy (non-hydrogen) atoms. The number of hydrogen-bond donors (Lipinski definition) is 2. The number of fused-ring (bicyclic) bond motifs is 3. The summed E-state index contributed by atoms with van der Waals surface area (Å²) < 4.78 is 11.4. The Morgan fingerprint density at radius 3 is 2.78 bits per heavy atom. The van der Waals surface area contributed by atoms with E-state index in [0.717, 1.165) is 18.5 Å². The van der Waals surface area contributed by atoms with Crippen molar-refractivity contribution in [2.24, 2.45) is 0 Å². The van der Waals surface area contributed by atoms with E-state index in [0.29, 0.717) is 29.1 Å². The molecule has 4 rings (SSSR count). The highest BCUT2D eigenvalue weighted by atomic mass is 16.5. The maximum Gasteiger partial charge on any atom is 0.294 e. The molecule has 1 saturated heterocycles. The lowest BCUT2D eigenvalue weighted by Crippen LogP contribution is -3.14. The van der Waals surface area contributed by atoms with E-state index in [1.54, 1.807) is 0 Å². The molecular weight excluding hydrogens is 294 g/mol. The van der Waals surface area contributed by atoms with Crippen molar-refractivity contribution >= 4 is 22.1 Å². The van der Waals surface area contributed by atoms with Gasteiger partial charge in [-0.1, -0.05) is 12.1 Å². The molecule has 3 aromatic rings. The van der Waals surface area contributed by atoms with Crippen molar-refractivity contribution in [3.63, 3.8) is 0 Å². The molecular formula is C17H20N3O3+. The van der Waals surface area contributed by atoms with Crippen LogP contribution in [-0.4, -0.2) is 35.3 Å². The molecule has 0 spiro atoms. The number of benzene rings is 1. The average Bonchev–Trinajstić information content (AvgIpc) is 2.86. The van der Waals surface area contributed by atoms with Crippen LogP contribution in [0.15, 0.2) is 33.5 Å². The highest BCUT2D eigenvalue weighted by Gasteiger charge is 2.26. The number of nitrogens with one attached hydrogen (secondary N) is 2. The largest absolute Gasteiger partial charge is 0.449 e. The average molecular weight is 314 g/mol. The van der Waals surface area contributed by atoms with Gasteiger partial charge in [0, 0.05) is 5.39 Å². The highest BCUT2D eigenvalue weighted by Crippen LogP contribution is 2.24. The van der Waals surface area contributed by atoms with Crippen LogP contribution in [0.5, 0.6) is 0 Å². The zero-order valence-electron chi connectivity index (χ0n) is 13.3. The minimum absolute atomic E-state index is 0.213. The molecule has 2 aromatic heterocycles. The predicted octanol–water partition coefficient (Wildman–Crippen LogP) is 0.861. The molecule has 0 saturated carbocycles. The summed E-state index contributed by atoms with van der Waals surface area (Å²) >= 11 is 0. The molecule has 1 aromatic carbocycles. The Labute approximate surface area is 133 Å². The van der Waals surface area contributed by atoms with Crippen molar-refractivity contribution in [2.75, 3.05) is 13.1 Å². The van der Waals surface area contributed by atoms with Crippen molar-refractivity contribution in [1.82, 2.24) is 9.97 Å². The van der Waals surface area contributed by atoms with E-state index < -0.39 is 0 Å². The summed E-state index contributed by atoms with van der Waals surface area (Å²) in [7, 11) is 0. The Morgan fingerprint density at radius 2 is 2.00 bits per heavy atom. The van der Waals surface area contributed by atoms with Gasteiger partial charge < -0.3 is 19.0 Å². The minimum atomic E-state index is -0.213. The van der Waals surface area contributed by atoms with Crippen LogP contribution < -0.4 is 10.5 Å². The van der Waals surface area contributed by atoms with Crippen LogP contribution in [-0.2, 0) is 11.3 Å². The number of nitrogens with zero attached hydrogens (tertiary/aromatic N) is 1. The fraction of sp³-hybridized carbons (Fsp3) is 0.412. The van der Waals surface area contributed by atoms with Crippen LogP contribution in [0, 0.1) is 0 Å². The Balaban J connectivity index is 1.73. The summed E-state index contributed by atoms with van der Waals surface area (Å²) in [5, 5.41) is 0.883. The first-order valence-corrected chi connectivity index (χ1v) is 7.99. The summed E-state index contributed by atoms with van der Waals surface area (Å²) in [6, 6.07) is 7.60. The molecule has 0 bridgehead atoms. The van der Waals surface area contributed by atoms with E-state index in [4.69, 9.17) is 9.15 Å². The van der Waals surface area contributed by atoms with Crippen molar-refractivity contribution in [2.45, 2.75) is 32.6 Å². The number of aromatic amines is 1. The molecule has 3 heterocycles. The first-order chi connectivity index (χ1) is 11.1. The fourth-order valence-electron chi connectivity index (χ4n) is 3.50. The third-order valence-corrected chi connectivity index (χ3v) is 4.31. The summed E-state index contributed by atoms with van der Waals surface area (Å²) in [5.74, 6) is 0.699. The lowest BCUT2D eigenvalue weighted by molar-refractivity contribution is -0.928. The molecule has 0 aliphatic carbocycles. The molecule has 2 N–H and O–H groups in total. The number of morpholine rings is 1. The smallest absolute Gasteiger partial charge is 0.294 e. The molecule has 3 atom stereocenters. The number of ether oxygens (including phenoxy) is 1. The second kappa shape index (κ2) is 5.47. The van der Waals surface area contributed by atoms with E-state index in [9.17, 15) is 4.79 Å². The molecule has 1 unspecified atom stereocenters. The Morgan fingerprint density at radius 1 is 1.26 bits per heavy atom. The molecule has 120 valence electrons. The Bertz CT molecular complexity index is 904. The van der Waals surface area contributed by atoms with Gasteiger partial charge in [0.25, 0.3) is 5.56 Å². The zero-order chi connectivity index (χ0) is 16.0.